The fourth-order valence-corrected chi connectivity index (χ4v) is 4.35. The van der Waals surface area contributed by atoms with Crippen molar-refractivity contribution < 1.29 is 14.3 Å². The molecule has 7 nitrogen and oxygen atoms in total. The zero-order chi connectivity index (χ0) is 19.7. The number of rotatable bonds is 3. The van der Waals surface area contributed by atoms with Gasteiger partial charge in [-0.2, -0.15) is 0 Å². The minimum absolute atomic E-state index is 0.0262. The molecule has 1 N–H and O–H groups in total. The summed E-state index contributed by atoms with van der Waals surface area (Å²) in [6.45, 7) is 9.43. The van der Waals surface area contributed by atoms with E-state index in [1.807, 2.05) is 36.1 Å². The Morgan fingerprint density at radius 3 is 2.68 bits per heavy atom. The van der Waals surface area contributed by atoms with Crippen LogP contribution in [0.5, 0.6) is 0 Å². The number of likely N-dealkylation sites (tertiary alicyclic amines) is 1. The van der Waals surface area contributed by atoms with Gasteiger partial charge in [0, 0.05) is 37.9 Å². The number of amides is 3. The zero-order valence-electron chi connectivity index (χ0n) is 16.8. The highest BCUT2D eigenvalue weighted by Crippen LogP contribution is 2.29. The number of anilines is 1. The summed E-state index contributed by atoms with van der Waals surface area (Å²) in [6, 6.07) is 7.69. The van der Waals surface area contributed by atoms with Crippen LogP contribution in [-0.2, 0) is 16.1 Å². The van der Waals surface area contributed by atoms with Crippen molar-refractivity contribution in [3.63, 3.8) is 0 Å². The third kappa shape index (κ3) is 3.61. The fraction of sp³-hybridized carbons (Fsp3) is 0.619. The molecule has 0 saturated carbocycles. The third-order valence-electron chi connectivity index (χ3n) is 6.34. The molecule has 1 aromatic carbocycles. The van der Waals surface area contributed by atoms with E-state index in [0.29, 0.717) is 12.6 Å². The van der Waals surface area contributed by atoms with Crippen molar-refractivity contribution in [1.29, 1.82) is 0 Å². The Morgan fingerprint density at radius 2 is 1.96 bits per heavy atom. The monoisotopic (exact) mass is 386 g/mol. The Balaban J connectivity index is 1.51. The molecular formula is C21H30N4O3. The highest BCUT2D eigenvalue weighted by atomic mass is 16.5. The van der Waals surface area contributed by atoms with E-state index in [-0.39, 0.29) is 17.9 Å². The van der Waals surface area contributed by atoms with E-state index in [2.05, 4.69) is 17.1 Å². The van der Waals surface area contributed by atoms with Crippen LogP contribution in [-0.4, -0.2) is 78.1 Å². The number of hydrogen-bond acceptors (Lipinski definition) is 4. The number of nitrogens with zero attached hydrogens (tertiary/aromatic N) is 3. The summed E-state index contributed by atoms with van der Waals surface area (Å²) in [6.07, 6.45) is 0.842. The number of urea groups is 1. The van der Waals surface area contributed by atoms with Gasteiger partial charge in [-0.15, -0.1) is 0 Å². The summed E-state index contributed by atoms with van der Waals surface area (Å²) in [5, 5.41) is 3.03. The molecule has 3 heterocycles. The predicted octanol–water partition coefficient (Wildman–Crippen LogP) is 1.99. The Hall–Kier alpha value is -2.12. The van der Waals surface area contributed by atoms with Crippen molar-refractivity contribution in [2.45, 2.75) is 38.9 Å². The summed E-state index contributed by atoms with van der Waals surface area (Å²) in [5.74, 6) is 0.00693. The molecule has 0 aliphatic carbocycles. The first kappa shape index (κ1) is 19.2. The first-order chi connectivity index (χ1) is 13.6. The molecule has 1 aromatic rings. The van der Waals surface area contributed by atoms with E-state index in [9.17, 15) is 9.59 Å². The van der Waals surface area contributed by atoms with E-state index in [4.69, 9.17) is 4.74 Å². The lowest BCUT2D eigenvalue weighted by molar-refractivity contribution is -0.122. The number of nitrogens with one attached hydrogen (secondary N) is 1. The maximum Gasteiger partial charge on any atom is 0.321 e. The molecule has 28 heavy (non-hydrogen) atoms. The van der Waals surface area contributed by atoms with Crippen LogP contribution in [0, 0.1) is 5.92 Å². The minimum Gasteiger partial charge on any atom is -0.379 e. The first-order valence-corrected chi connectivity index (χ1v) is 10.3. The number of ether oxygens (including phenoxy) is 1. The van der Waals surface area contributed by atoms with Crippen LogP contribution in [0.25, 0.3) is 0 Å². The molecule has 0 aromatic heterocycles. The average Bonchev–Trinajstić information content (AvgIpc) is 2.82. The van der Waals surface area contributed by atoms with E-state index in [0.717, 1.165) is 57.1 Å². The molecule has 0 bridgehead atoms. The highest BCUT2D eigenvalue weighted by molar-refractivity contribution is 5.99. The second kappa shape index (κ2) is 8.09. The highest BCUT2D eigenvalue weighted by Gasteiger charge is 2.42. The Labute approximate surface area is 166 Å². The molecule has 0 radical (unpaired) electrons. The van der Waals surface area contributed by atoms with Crippen LogP contribution >= 0.6 is 0 Å². The molecule has 7 heteroatoms. The fourth-order valence-electron chi connectivity index (χ4n) is 4.35. The number of fused-ring (bicyclic) bond motifs is 1. The van der Waals surface area contributed by atoms with Crippen molar-refractivity contribution in [3.8, 4) is 0 Å². The van der Waals surface area contributed by atoms with Crippen LogP contribution in [0.3, 0.4) is 0 Å². The van der Waals surface area contributed by atoms with Gasteiger partial charge in [0.2, 0.25) is 5.91 Å². The standard InChI is InChI=1S/C21H30N4O3/c1-3-15(2)19-20(26)22-18-7-5-4-6-16(18)12-25(19)21(27)24-13-17(14-24)23-8-10-28-11-9-23/h4-7,15,17,19H,3,8-14H2,1-2H3,(H,22,26)/t15-,19-/m0/s1. The van der Waals surface area contributed by atoms with Crippen LogP contribution in [0.4, 0.5) is 10.5 Å². The minimum atomic E-state index is -0.452. The third-order valence-corrected chi connectivity index (χ3v) is 6.34. The zero-order valence-corrected chi connectivity index (χ0v) is 16.8. The van der Waals surface area contributed by atoms with E-state index in [1.54, 1.807) is 4.90 Å². The van der Waals surface area contributed by atoms with Gasteiger partial charge in [-0.25, -0.2) is 4.79 Å². The quantitative estimate of drug-likeness (QED) is 0.863. The number of hydrogen-bond donors (Lipinski definition) is 1. The SMILES string of the molecule is CC[C@H](C)[C@H]1C(=O)Nc2ccccc2CN1C(=O)N1CC(N2CCOCC2)C1. The van der Waals surface area contributed by atoms with E-state index in [1.165, 1.54) is 0 Å². The van der Waals surface area contributed by atoms with Crippen LogP contribution in [0.2, 0.25) is 0 Å². The summed E-state index contributed by atoms with van der Waals surface area (Å²) in [7, 11) is 0. The largest absolute Gasteiger partial charge is 0.379 e. The van der Waals surface area contributed by atoms with Gasteiger partial charge < -0.3 is 19.9 Å². The molecule has 4 rings (SSSR count). The van der Waals surface area contributed by atoms with Gasteiger partial charge in [-0.05, 0) is 17.5 Å². The molecule has 2 atom stereocenters. The maximum absolute atomic E-state index is 13.4. The lowest BCUT2D eigenvalue weighted by Gasteiger charge is -2.48. The summed E-state index contributed by atoms with van der Waals surface area (Å²) >= 11 is 0. The lowest BCUT2D eigenvalue weighted by Crippen LogP contribution is -2.66. The van der Waals surface area contributed by atoms with Gasteiger partial charge in [-0.3, -0.25) is 9.69 Å². The van der Waals surface area contributed by atoms with Crippen molar-refractivity contribution in [2.24, 2.45) is 5.92 Å². The Bertz CT molecular complexity index is 728. The average molecular weight is 386 g/mol. The van der Waals surface area contributed by atoms with Gasteiger partial charge in [-0.1, -0.05) is 38.5 Å². The Kier molecular flexibility index (Phi) is 5.55. The van der Waals surface area contributed by atoms with Gasteiger partial charge in [0.05, 0.1) is 19.8 Å². The molecule has 0 spiro atoms. The predicted molar refractivity (Wildman–Crippen MR) is 107 cm³/mol. The van der Waals surface area contributed by atoms with Gasteiger partial charge >= 0.3 is 6.03 Å². The second-order valence-electron chi connectivity index (χ2n) is 8.09. The number of benzene rings is 1. The summed E-state index contributed by atoms with van der Waals surface area (Å²) < 4.78 is 5.42. The summed E-state index contributed by atoms with van der Waals surface area (Å²) in [5.41, 5.74) is 1.80. The van der Waals surface area contributed by atoms with Crippen molar-refractivity contribution in [1.82, 2.24) is 14.7 Å². The molecule has 2 fully saturated rings. The number of carbonyl (C=O) groups is 2. The van der Waals surface area contributed by atoms with E-state index < -0.39 is 6.04 Å². The lowest BCUT2D eigenvalue weighted by atomic mass is 9.96. The maximum atomic E-state index is 13.4. The summed E-state index contributed by atoms with van der Waals surface area (Å²) in [4.78, 5) is 32.4. The molecule has 0 unspecified atom stereocenters. The molecule has 3 aliphatic rings. The molecule has 3 amide bonds. The van der Waals surface area contributed by atoms with Crippen molar-refractivity contribution in [2.75, 3.05) is 44.7 Å². The van der Waals surface area contributed by atoms with E-state index >= 15 is 0 Å². The molecule has 2 saturated heterocycles. The second-order valence-corrected chi connectivity index (χ2v) is 8.09. The first-order valence-electron chi connectivity index (χ1n) is 10.3. The van der Waals surface area contributed by atoms with Crippen molar-refractivity contribution >= 4 is 17.6 Å². The van der Waals surface area contributed by atoms with Gasteiger partial charge in [0.15, 0.2) is 0 Å². The number of morpholine rings is 1. The number of para-hydroxylation sites is 1. The molecule has 152 valence electrons. The smallest absolute Gasteiger partial charge is 0.321 e. The topological polar surface area (TPSA) is 65.1 Å². The van der Waals surface area contributed by atoms with Gasteiger partial charge in [0.25, 0.3) is 0 Å². The normalized spacial score (nSPS) is 24.8. The number of carbonyl (C=O) groups excluding carboxylic acids is 2. The van der Waals surface area contributed by atoms with Crippen LogP contribution in [0.1, 0.15) is 25.8 Å². The Morgan fingerprint density at radius 1 is 1.25 bits per heavy atom. The van der Waals surface area contributed by atoms with Crippen LogP contribution in [0.15, 0.2) is 24.3 Å². The molecular weight excluding hydrogens is 356 g/mol. The van der Waals surface area contributed by atoms with Gasteiger partial charge in [0.1, 0.15) is 6.04 Å². The molecule has 3 aliphatic heterocycles. The van der Waals surface area contributed by atoms with Crippen molar-refractivity contribution in [3.05, 3.63) is 29.8 Å². The van der Waals surface area contributed by atoms with Crippen LogP contribution < -0.4 is 5.32 Å².